The SMILES string of the molecule is CCCCCCCCCC(C)OC(=O)CCCCCCC(=O)OCC(CO)(COC(=O)CCCCCCC(=O)OC(C)CCCCCCCCC)COC(=O)CCCCCCC(=O)OC(C)CCCCCCCCC. The molecule has 0 rings (SSSR count). The van der Waals surface area contributed by atoms with Gasteiger partial charge in [0.2, 0.25) is 0 Å². The van der Waals surface area contributed by atoms with Crippen LogP contribution in [0.5, 0.6) is 0 Å². The molecule has 0 saturated carbocycles. The van der Waals surface area contributed by atoms with E-state index in [-0.39, 0.29) is 75.3 Å². The van der Waals surface area contributed by atoms with Crippen LogP contribution in [0.15, 0.2) is 0 Å². The van der Waals surface area contributed by atoms with Gasteiger partial charge in [0.1, 0.15) is 19.8 Å². The van der Waals surface area contributed by atoms with Crippen molar-refractivity contribution in [3.05, 3.63) is 0 Å². The van der Waals surface area contributed by atoms with Gasteiger partial charge >= 0.3 is 35.8 Å². The Hall–Kier alpha value is -3.22. The fourth-order valence-electron chi connectivity index (χ4n) is 9.05. The van der Waals surface area contributed by atoms with Gasteiger partial charge in [-0.25, -0.2) is 0 Å². The van der Waals surface area contributed by atoms with Gasteiger partial charge in [-0.15, -0.1) is 0 Å². The summed E-state index contributed by atoms with van der Waals surface area (Å²) in [5, 5.41) is 10.6. The van der Waals surface area contributed by atoms with Crippen LogP contribution in [0.1, 0.15) is 311 Å². The summed E-state index contributed by atoms with van der Waals surface area (Å²) in [7, 11) is 0. The second kappa shape index (κ2) is 51.5. The van der Waals surface area contributed by atoms with Crippen LogP contribution < -0.4 is 0 Å². The molecule has 0 fully saturated rings. The molecule has 1 N–H and O–H groups in total. The van der Waals surface area contributed by atoms with E-state index in [1.165, 1.54) is 116 Å². The average molecular weight is 1070 g/mol. The molecule has 13 nitrogen and oxygen atoms in total. The number of aliphatic hydroxyl groups is 1. The van der Waals surface area contributed by atoms with Crippen molar-refractivity contribution in [2.24, 2.45) is 5.41 Å². The molecule has 13 heteroatoms. The van der Waals surface area contributed by atoms with Crippen LogP contribution in [0.4, 0.5) is 0 Å². The number of hydrogen-bond acceptors (Lipinski definition) is 13. The van der Waals surface area contributed by atoms with Crippen LogP contribution in [0.25, 0.3) is 0 Å². The topological polar surface area (TPSA) is 178 Å². The first-order valence-electron chi connectivity index (χ1n) is 31.0. The Balaban J connectivity index is 4.86. The molecule has 0 aromatic carbocycles. The predicted molar refractivity (Wildman–Crippen MR) is 300 cm³/mol. The Bertz CT molecular complexity index is 1240. The highest BCUT2D eigenvalue weighted by atomic mass is 16.6. The van der Waals surface area contributed by atoms with Gasteiger partial charge in [-0.1, -0.05) is 175 Å². The number of carbonyl (C=O) groups excluding carboxylic acids is 6. The number of ether oxygens (including phenoxy) is 6. The standard InChI is InChI=1S/C62H114O13/c1-7-10-13-16-19-22-31-40-53(4)73-59(67)46-37-28-25-34-43-56(64)70-50-62(49-63,51-71-57(65)44-35-26-29-38-47-60(68)74-54(5)41-32-23-20-17-14-11-8-2)52-72-58(66)45-36-27-30-39-48-61(69)75-55(6)42-33-24-21-18-15-12-9-3/h53-55,63H,7-52H2,1-6H3. The van der Waals surface area contributed by atoms with Crippen molar-refractivity contribution in [3.8, 4) is 0 Å². The van der Waals surface area contributed by atoms with E-state index in [1.807, 2.05) is 20.8 Å². The second-order valence-corrected chi connectivity index (χ2v) is 22.0. The average Bonchev–Trinajstić information content (AvgIpc) is 3.38. The molecule has 0 saturated heterocycles. The highest BCUT2D eigenvalue weighted by Crippen LogP contribution is 2.23. The lowest BCUT2D eigenvalue weighted by Gasteiger charge is -2.30. The summed E-state index contributed by atoms with van der Waals surface area (Å²) in [6.07, 6.45) is 37.6. The summed E-state index contributed by atoms with van der Waals surface area (Å²) < 4.78 is 33.6. The third-order valence-corrected chi connectivity index (χ3v) is 14.1. The third-order valence-electron chi connectivity index (χ3n) is 14.1. The summed E-state index contributed by atoms with van der Waals surface area (Å²) in [6.45, 7) is 11.0. The van der Waals surface area contributed by atoms with Crippen LogP contribution in [-0.4, -0.2) is 85.7 Å². The van der Waals surface area contributed by atoms with Crippen molar-refractivity contribution in [1.82, 2.24) is 0 Å². The summed E-state index contributed by atoms with van der Waals surface area (Å²) in [6, 6.07) is 0. The quantitative estimate of drug-likeness (QED) is 0.0346. The van der Waals surface area contributed by atoms with Crippen molar-refractivity contribution < 1.29 is 62.3 Å². The van der Waals surface area contributed by atoms with E-state index in [0.29, 0.717) is 57.8 Å². The molecule has 0 bridgehead atoms. The summed E-state index contributed by atoms with van der Waals surface area (Å²) in [5.74, 6) is -2.01. The Labute approximate surface area is 457 Å². The van der Waals surface area contributed by atoms with Crippen molar-refractivity contribution in [3.63, 3.8) is 0 Å². The van der Waals surface area contributed by atoms with Gasteiger partial charge in [-0.05, 0) is 97.8 Å². The highest BCUT2D eigenvalue weighted by molar-refractivity contribution is 5.71. The maximum atomic E-state index is 12.9. The Morgan fingerprint density at radius 3 is 0.733 bits per heavy atom. The zero-order valence-electron chi connectivity index (χ0n) is 49.1. The fraction of sp³-hybridized carbons (Fsp3) is 0.903. The zero-order valence-corrected chi connectivity index (χ0v) is 49.1. The van der Waals surface area contributed by atoms with Crippen molar-refractivity contribution in [1.29, 1.82) is 0 Å². The number of unbranched alkanes of at least 4 members (excludes halogenated alkanes) is 27. The number of esters is 6. The lowest BCUT2D eigenvalue weighted by Crippen LogP contribution is -2.42. The minimum absolute atomic E-state index is 0.0858. The predicted octanol–water partition coefficient (Wildman–Crippen LogP) is 15.8. The lowest BCUT2D eigenvalue weighted by atomic mass is 9.92. The second-order valence-electron chi connectivity index (χ2n) is 22.0. The first-order valence-corrected chi connectivity index (χ1v) is 31.0. The summed E-state index contributed by atoms with van der Waals surface area (Å²) >= 11 is 0. The maximum absolute atomic E-state index is 12.9. The van der Waals surface area contributed by atoms with Crippen LogP contribution in [0, 0.1) is 5.41 Å². The van der Waals surface area contributed by atoms with E-state index >= 15 is 0 Å². The highest BCUT2D eigenvalue weighted by Gasteiger charge is 2.35. The molecule has 0 amide bonds. The van der Waals surface area contributed by atoms with E-state index in [9.17, 15) is 33.9 Å². The molecular formula is C62H114O13. The Kier molecular flexibility index (Phi) is 49.3. The van der Waals surface area contributed by atoms with Crippen LogP contribution in [-0.2, 0) is 57.2 Å². The normalized spacial score (nSPS) is 13.3. The monoisotopic (exact) mass is 1070 g/mol. The van der Waals surface area contributed by atoms with Crippen molar-refractivity contribution in [2.45, 2.75) is 330 Å². The third kappa shape index (κ3) is 47.7. The zero-order chi connectivity index (χ0) is 55.5. The molecule has 0 aliphatic rings. The van der Waals surface area contributed by atoms with E-state index in [1.54, 1.807) is 0 Å². The molecule has 75 heavy (non-hydrogen) atoms. The van der Waals surface area contributed by atoms with Crippen molar-refractivity contribution >= 4 is 35.8 Å². The number of carbonyl (C=O) groups is 6. The number of aliphatic hydroxyl groups excluding tert-OH is 1. The number of hydrogen-bond donors (Lipinski definition) is 1. The first kappa shape index (κ1) is 71.8. The minimum atomic E-state index is -1.36. The van der Waals surface area contributed by atoms with Gasteiger partial charge in [0.25, 0.3) is 0 Å². The molecule has 0 spiro atoms. The molecule has 3 unspecified atom stereocenters. The van der Waals surface area contributed by atoms with Gasteiger partial charge in [-0.2, -0.15) is 0 Å². The van der Waals surface area contributed by atoms with E-state index in [4.69, 9.17) is 28.4 Å². The molecule has 3 atom stereocenters. The van der Waals surface area contributed by atoms with Gasteiger partial charge in [0, 0.05) is 38.5 Å². The van der Waals surface area contributed by atoms with Crippen LogP contribution in [0.2, 0.25) is 0 Å². The molecule has 0 radical (unpaired) electrons. The van der Waals surface area contributed by atoms with Gasteiger partial charge < -0.3 is 33.5 Å². The maximum Gasteiger partial charge on any atom is 0.306 e. The van der Waals surface area contributed by atoms with Crippen LogP contribution >= 0.6 is 0 Å². The lowest BCUT2D eigenvalue weighted by molar-refractivity contribution is -0.165. The molecular weight excluding hydrogens is 953 g/mol. The molecule has 0 aromatic heterocycles. The van der Waals surface area contributed by atoms with Gasteiger partial charge in [0.15, 0.2) is 0 Å². The van der Waals surface area contributed by atoms with E-state index in [0.717, 1.165) is 77.0 Å². The summed E-state index contributed by atoms with van der Waals surface area (Å²) in [4.78, 5) is 75.8. The molecule has 0 aliphatic heterocycles. The van der Waals surface area contributed by atoms with Crippen molar-refractivity contribution in [2.75, 3.05) is 26.4 Å². The fourth-order valence-corrected chi connectivity index (χ4v) is 9.05. The molecule has 0 heterocycles. The van der Waals surface area contributed by atoms with Gasteiger partial charge in [-0.3, -0.25) is 28.8 Å². The van der Waals surface area contributed by atoms with E-state index in [2.05, 4.69) is 20.8 Å². The Morgan fingerprint density at radius 2 is 0.507 bits per heavy atom. The minimum Gasteiger partial charge on any atom is -0.465 e. The summed E-state index contributed by atoms with van der Waals surface area (Å²) in [5.41, 5.74) is -1.36. The number of rotatable bonds is 55. The molecule has 440 valence electrons. The van der Waals surface area contributed by atoms with Crippen LogP contribution in [0.3, 0.4) is 0 Å². The molecule has 0 aromatic rings. The first-order chi connectivity index (χ1) is 36.3. The Morgan fingerprint density at radius 1 is 0.307 bits per heavy atom. The van der Waals surface area contributed by atoms with E-state index < -0.39 is 29.9 Å². The smallest absolute Gasteiger partial charge is 0.306 e. The largest absolute Gasteiger partial charge is 0.465 e. The molecule has 0 aliphatic carbocycles. The van der Waals surface area contributed by atoms with Gasteiger partial charge in [0.05, 0.1) is 30.3 Å².